The van der Waals surface area contributed by atoms with E-state index in [9.17, 15) is 4.79 Å². The summed E-state index contributed by atoms with van der Waals surface area (Å²) in [6, 6.07) is 22.0. The summed E-state index contributed by atoms with van der Waals surface area (Å²) in [6.45, 7) is 5.70. The number of aryl methyl sites for hydroxylation is 1. The minimum Gasteiger partial charge on any atom is -0.322 e. The Morgan fingerprint density at radius 3 is 2.44 bits per heavy atom. The molecule has 5 rings (SSSR count). The molecule has 2 aromatic heterocycles. The van der Waals surface area contributed by atoms with Crippen LogP contribution in [0.5, 0.6) is 0 Å². The molecular formula is C25H26N6O. The average Bonchev–Trinajstić information content (AvgIpc) is 3.19. The van der Waals surface area contributed by atoms with Crippen molar-refractivity contribution in [3.8, 4) is 5.69 Å². The first-order valence-electron chi connectivity index (χ1n) is 10.9. The number of rotatable bonds is 4. The Morgan fingerprint density at radius 1 is 0.938 bits per heavy atom. The van der Waals surface area contributed by atoms with E-state index in [1.165, 1.54) is 5.56 Å². The molecule has 0 radical (unpaired) electrons. The summed E-state index contributed by atoms with van der Waals surface area (Å²) in [5.74, 6) is 0.961. The van der Waals surface area contributed by atoms with Crippen molar-refractivity contribution in [2.75, 3.05) is 31.5 Å². The van der Waals surface area contributed by atoms with Crippen molar-refractivity contribution < 1.29 is 4.79 Å². The van der Waals surface area contributed by atoms with Crippen LogP contribution in [0.3, 0.4) is 0 Å². The maximum absolute atomic E-state index is 12.6. The number of benzene rings is 2. The Balaban J connectivity index is 1.27. The summed E-state index contributed by atoms with van der Waals surface area (Å²) >= 11 is 0. The zero-order chi connectivity index (χ0) is 21.9. The molecule has 0 saturated carbocycles. The fourth-order valence-electron chi connectivity index (χ4n) is 4.06. The van der Waals surface area contributed by atoms with Gasteiger partial charge in [-0.15, -0.1) is 0 Å². The van der Waals surface area contributed by atoms with Crippen molar-refractivity contribution in [1.82, 2.24) is 24.3 Å². The molecule has 0 aliphatic carbocycles. The van der Waals surface area contributed by atoms with Gasteiger partial charge in [0, 0.05) is 43.8 Å². The highest BCUT2D eigenvalue weighted by Gasteiger charge is 2.23. The molecule has 1 saturated heterocycles. The van der Waals surface area contributed by atoms with Crippen molar-refractivity contribution in [3.63, 3.8) is 0 Å². The standard InChI is InChI=1S/C25H26N6O/c1-19-9-11-20(12-10-19)27-25(32)30-16-14-29(15-17-30)18-23-28-22-8-5-13-26-24(22)31(23)21-6-3-2-4-7-21/h2-13H,14-18H2,1H3,(H,27,32). The van der Waals surface area contributed by atoms with Crippen LogP contribution in [0.2, 0.25) is 0 Å². The zero-order valence-corrected chi connectivity index (χ0v) is 18.1. The number of amides is 2. The number of urea groups is 1. The number of hydrogen-bond acceptors (Lipinski definition) is 4. The van der Waals surface area contributed by atoms with Gasteiger partial charge in [-0.05, 0) is 43.3 Å². The second-order valence-electron chi connectivity index (χ2n) is 8.10. The van der Waals surface area contributed by atoms with Gasteiger partial charge in [-0.2, -0.15) is 0 Å². The summed E-state index contributed by atoms with van der Waals surface area (Å²) in [5, 5.41) is 3.00. The fourth-order valence-corrected chi connectivity index (χ4v) is 4.06. The maximum atomic E-state index is 12.6. The molecule has 0 atom stereocenters. The van der Waals surface area contributed by atoms with Gasteiger partial charge in [0.15, 0.2) is 5.65 Å². The Kier molecular flexibility index (Phi) is 5.56. The van der Waals surface area contributed by atoms with E-state index in [0.29, 0.717) is 19.6 Å². The number of pyridine rings is 1. The van der Waals surface area contributed by atoms with Gasteiger partial charge in [-0.1, -0.05) is 35.9 Å². The molecule has 0 unspecified atom stereocenters. The summed E-state index contributed by atoms with van der Waals surface area (Å²) in [6.07, 6.45) is 1.80. The minimum atomic E-state index is -0.0470. The van der Waals surface area contributed by atoms with E-state index in [2.05, 4.69) is 31.9 Å². The van der Waals surface area contributed by atoms with Crippen LogP contribution in [0.25, 0.3) is 16.9 Å². The van der Waals surface area contributed by atoms with Crippen LogP contribution in [-0.2, 0) is 6.54 Å². The number of fused-ring (bicyclic) bond motifs is 1. The normalized spacial score (nSPS) is 14.6. The Labute approximate surface area is 187 Å². The predicted molar refractivity (Wildman–Crippen MR) is 126 cm³/mol. The lowest BCUT2D eigenvalue weighted by molar-refractivity contribution is 0.140. The van der Waals surface area contributed by atoms with Crippen molar-refractivity contribution in [2.45, 2.75) is 13.5 Å². The predicted octanol–water partition coefficient (Wildman–Crippen LogP) is 4.08. The molecule has 2 aromatic carbocycles. The monoisotopic (exact) mass is 426 g/mol. The molecule has 1 fully saturated rings. The first-order valence-corrected chi connectivity index (χ1v) is 10.9. The lowest BCUT2D eigenvalue weighted by atomic mass is 10.2. The molecule has 3 heterocycles. The van der Waals surface area contributed by atoms with E-state index in [1.54, 1.807) is 6.20 Å². The van der Waals surface area contributed by atoms with Crippen LogP contribution >= 0.6 is 0 Å². The molecule has 0 bridgehead atoms. The Bertz CT molecular complexity index is 1210. The molecule has 1 aliphatic rings. The molecular weight excluding hydrogens is 400 g/mol. The quantitative estimate of drug-likeness (QED) is 0.534. The number of piperazine rings is 1. The molecule has 1 aliphatic heterocycles. The topological polar surface area (TPSA) is 66.3 Å². The molecule has 7 heteroatoms. The van der Waals surface area contributed by atoms with Gasteiger partial charge in [0.25, 0.3) is 0 Å². The minimum absolute atomic E-state index is 0.0470. The first-order chi connectivity index (χ1) is 15.7. The summed E-state index contributed by atoms with van der Waals surface area (Å²) in [4.78, 5) is 26.3. The lowest BCUT2D eigenvalue weighted by Gasteiger charge is -2.34. The van der Waals surface area contributed by atoms with Gasteiger partial charge in [0.2, 0.25) is 0 Å². The largest absolute Gasteiger partial charge is 0.322 e. The summed E-state index contributed by atoms with van der Waals surface area (Å²) < 4.78 is 2.13. The third kappa shape index (κ3) is 4.20. The van der Waals surface area contributed by atoms with Gasteiger partial charge in [-0.25, -0.2) is 14.8 Å². The van der Waals surface area contributed by atoms with Crippen molar-refractivity contribution in [3.05, 3.63) is 84.3 Å². The van der Waals surface area contributed by atoms with Crippen LogP contribution in [0, 0.1) is 6.92 Å². The smallest absolute Gasteiger partial charge is 0.321 e. The highest BCUT2D eigenvalue weighted by Crippen LogP contribution is 2.21. The van der Waals surface area contributed by atoms with Gasteiger partial charge < -0.3 is 10.2 Å². The third-order valence-corrected chi connectivity index (χ3v) is 5.83. The second-order valence-corrected chi connectivity index (χ2v) is 8.10. The summed E-state index contributed by atoms with van der Waals surface area (Å²) in [5.41, 5.74) is 4.81. The van der Waals surface area contributed by atoms with Crippen LogP contribution in [0.15, 0.2) is 72.9 Å². The third-order valence-electron chi connectivity index (χ3n) is 5.83. The number of carbonyl (C=O) groups excluding carboxylic acids is 1. The van der Waals surface area contributed by atoms with E-state index in [0.717, 1.165) is 41.5 Å². The molecule has 7 nitrogen and oxygen atoms in total. The number of anilines is 1. The van der Waals surface area contributed by atoms with Crippen molar-refractivity contribution in [1.29, 1.82) is 0 Å². The van der Waals surface area contributed by atoms with Crippen LogP contribution in [-0.4, -0.2) is 56.5 Å². The Hall–Kier alpha value is -3.71. The van der Waals surface area contributed by atoms with Crippen molar-refractivity contribution >= 4 is 22.9 Å². The number of aromatic nitrogens is 3. The number of carbonyl (C=O) groups is 1. The van der Waals surface area contributed by atoms with E-state index in [-0.39, 0.29) is 6.03 Å². The first kappa shape index (κ1) is 20.2. The lowest BCUT2D eigenvalue weighted by Crippen LogP contribution is -2.49. The number of para-hydroxylation sites is 1. The average molecular weight is 427 g/mol. The van der Waals surface area contributed by atoms with Crippen LogP contribution < -0.4 is 5.32 Å². The Morgan fingerprint density at radius 2 is 1.69 bits per heavy atom. The van der Waals surface area contributed by atoms with Gasteiger partial charge in [0.05, 0.1) is 6.54 Å². The second kappa shape index (κ2) is 8.80. The number of imidazole rings is 1. The van der Waals surface area contributed by atoms with Gasteiger partial charge in [-0.3, -0.25) is 9.47 Å². The van der Waals surface area contributed by atoms with Crippen LogP contribution in [0.4, 0.5) is 10.5 Å². The zero-order valence-electron chi connectivity index (χ0n) is 18.1. The van der Waals surface area contributed by atoms with E-state index < -0.39 is 0 Å². The maximum Gasteiger partial charge on any atom is 0.321 e. The molecule has 0 spiro atoms. The number of nitrogens with zero attached hydrogens (tertiary/aromatic N) is 5. The molecule has 162 valence electrons. The highest BCUT2D eigenvalue weighted by molar-refractivity contribution is 5.89. The van der Waals surface area contributed by atoms with Gasteiger partial charge >= 0.3 is 6.03 Å². The van der Waals surface area contributed by atoms with Gasteiger partial charge in [0.1, 0.15) is 11.3 Å². The fraction of sp³-hybridized carbons (Fsp3) is 0.240. The van der Waals surface area contributed by atoms with Crippen molar-refractivity contribution in [2.24, 2.45) is 0 Å². The molecule has 1 N–H and O–H groups in total. The molecule has 32 heavy (non-hydrogen) atoms. The van der Waals surface area contributed by atoms with Crippen LogP contribution in [0.1, 0.15) is 11.4 Å². The summed E-state index contributed by atoms with van der Waals surface area (Å²) in [7, 11) is 0. The number of nitrogens with one attached hydrogen (secondary N) is 1. The highest BCUT2D eigenvalue weighted by atomic mass is 16.2. The van der Waals surface area contributed by atoms with E-state index in [4.69, 9.17) is 4.98 Å². The molecule has 2 amide bonds. The SMILES string of the molecule is Cc1ccc(NC(=O)N2CCN(Cc3nc4cccnc4n3-c3ccccc3)CC2)cc1. The van der Waals surface area contributed by atoms with E-state index in [1.807, 2.05) is 66.4 Å². The molecule has 4 aromatic rings. The van der Waals surface area contributed by atoms with E-state index >= 15 is 0 Å². The number of hydrogen-bond donors (Lipinski definition) is 1.